The highest BCUT2D eigenvalue weighted by atomic mass is 32.2. The van der Waals surface area contributed by atoms with Crippen LogP contribution in [0.2, 0.25) is 0 Å². The summed E-state index contributed by atoms with van der Waals surface area (Å²) in [7, 11) is 1.62. The van der Waals surface area contributed by atoms with Crippen LogP contribution in [0.25, 0.3) is 0 Å². The minimum Gasteiger partial charge on any atom is -0.383 e. The van der Waals surface area contributed by atoms with Crippen molar-refractivity contribution in [3.05, 3.63) is 47.2 Å². The second-order valence-corrected chi connectivity index (χ2v) is 9.31. The molecule has 0 aliphatic carbocycles. The fraction of sp³-hybridized carbons (Fsp3) is 0.542. The summed E-state index contributed by atoms with van der Waals surface area (Å²) in [4.78, 5) is 24.4. The number of thioether (sulfide) groups is 1. The molecule has 6 nitrogen and oxygen atoms in total. The van der Waals surface area contributed by atoms with Gasteiger partial charge in [-0.15, -0.1) is 0 Å². The molecule has 0 bridgehead atoms. The number of amides is 1. The van der Waals surface area contributed by atoms with Crippen LogP contribution in [0.15, 0.2) is 35.5 Å². The van der Waals surface area contributed by atoms with E-state index >= 15 is 0 Å². The van der Waals surface area contributed by atoms with E-state index in [9.17, 15) is 4.79 Å². The molecule has 1 aliphatic heterocycles. The van der Waals surface area contributed by atoms with Crippen molar-refractivity contribution < 1.29 is 9.53 Å². The number of nitrogens with one attached hydrogen (secondary N) is 1. The molecule has 1 aliphatic rings. The summed E-state index contributed by atoms with van der Waals surface area (Å²) in [5, 5.41) is 3.67. The van der Waals surface area contributed by atoms with Crippen LogP contribution in [0.3, 0.4) is 0 Å². The highest BCUT2D eigenvalue weighted by Gasteiger charge is 2.21. The third-order valence-corrected chi connectivity index (χ3v) is 6.47. The number of ether oxygens (including phenoxy) is 1. The first-order valence-electron chi connectivity index (χ1n) is 11.1. The lowest BCUT2D eigenvalue weighted by atomic mass is 10.0. The van der Waals surface area contributed by atoms with Gasteiger partial charge in [-0.05, 0) is 49.8 Å². The van der Waals surface area contributed by atoms with Gasteiger partial charge in [0.25, 0.3) is 5.91 Å². The molecule has 0 saturated carbocycles. The summed E-state index contributed by atoms with van der Waals surface area (Å²) >= 11 is 1.63. The number of rotatable bonds is 9. The lowest BCUT2D eigenvalue weighted by molar-refractivity contribution is 0.0937. The SMILES string of the molecule is COCCNC(=O)c1cccc(CSc2nc(C(C)C)cc(N3CCCC[C@@H]3C)n2)c1. The van der Waals surface area contributed by atoms with Gasteiger partial charge in [-0.3, -0.25) is 4.79 Å². The number of aromatic nitrogens is 2. The molecule has 1 fully saturated rings. The van der Waals surface area contributed by atoms with Gasteiger partial charge < -0.3 is 15.0 Å². The molecule has 7 heteroatoms. The topological polar surface area (TPSA) is 67.3 Å². The van der Waals surface area contributed by atoms with Crippen molar-refractivity contribution in [1.82, 2.24) is 15.3 Å². The largest absolute Gasteiger partial charge is 0.383 e. The van der Waals surface area contributed by atoms with Crippen LogP contribution in [0.4, 0.5) is 5.82 Å². The van der Waals surface area contributed by atoms with Gasteiger partial charge in [0.05, 0.1) is 6.61 Å². The Morgan fingerprint density at radius 1 is 1.29 bits per heavy atom. The highest BCUT2D eigenvalue weighted by Crippen LogP contribution is 2.29. The van der Waals surface area contributed by atoms with Gasteiger partial charge in [0.1, 0.15) is 5.82 Å². The highest BCUT2D eigenvalue weighted by molar-refractivity contribution is 7.98. The zero-order valence-corrected chi connectivity index (χ0v) is 19.9. The summed E-state index contributed by atoms with van der Waals surface area (Å²) in [5.74, 6) is 2.03. The van der Waals surface area contributed by atoms with E-state index in [1.165, 1.54) is 19.3 Å². The van der Waals surface area contributed by atoms with Gasteiger partial charge in [0, 0.05) is 49.3 Å². The quantitative estimate of drug-likeness (QED) is 0.346. The standard InChI is InChI=1S/C24H34N4O2S/c1-17(2)21-15-22(28-12-6-5-8-18(28)3)27-24(26-21)31-16-19-9-7-10-20(14-19)23(29)25-11-13-30-4/h7,9-10,14-15,17-18H,5-6,8,11-13,16H2,1-4H3,(H,25,29)/t18-/m0/s1. The van der Waals surface area contributed by atoms with Crippen LogP contribution in [0, 0.1) is 0 Å². The first-order valence-corrected chi connectivity index (χ1v) is 12.1. The maximum atomic E-state index is 12.3. The zero-order valence-electron chi connectivity index (χ0n) is 19.1. The average molecular weight is 443 g/mol. The first-order chi connectivity index (χ1) is 15.0. The fourth-order valence-electron chi connectivity index (χ4n) is 3.70. The Hall–Kier alpha value is -2.12. The number of hydrogen-bond acceptors (Lipinski definition) is 6. The van der Waals surface area contributed by atoms with Crippen LogP contribution >= 0.6 is 11.8 Å². The van der Waals surface area contributed by atoms with E-state index in [-0.39, 0.29) is 5.91 Å². The van der Waals surface area contributed by atoms with Crippen LogP contribution < -0.4 is 10.2 Å². The van der Waals surface area contributed by atoms with E-state index in [1.807, 2.05) is 24.3 Å². The number of hydrogen-bond donors (Lipinski definition) is 1. The summed E-state index contributed by atoms with van der Waals surface area (Å²) in [6.45, 7) is 8.69. The van der Waals surface area contributed by atoms with Crippen LogP contribution in [0.5, 0.6) is 0 Å². The monoisotopic (exact) mass is 442 g/mol. The molecule has 168 valence electrons. The van der Waals surface area contributed by atoms with Crippen LogP contribution in [0.1, 0.15) is 67.6 Å². The molecule has 0 unspecified atom stereocenters. The van der Waals surface area contributed by atoms with Crippen molar-refractivity contribution in [2.24, 2.45) is 0 Å². The third-order valence-electron chi connectivity index (χ3n) is 5.55. The molecule has 0 radical (unpaired) electrons. The van der Waals surface area contributed by atoms with Crippen molar-refractivity contribution >= 4 is 23.5 Å². The molecule has 2 aromatic rings. The molecular formula is C24H34N4O2S. The number of anilines is 1. The normalized spacial score (nSPS) is 16.5. The lowest BCUT2D eigenvalue weighted by Crippen LogP contribution is -2.38. The molecule has 1 atom stereocenters. The minimum atomic E-state index is -0.0803. The van der Waals surface area contributed by atoms with Gasteiger partial charge in [0.2, 0.25) is 0 Å². The summed E-state index contributed by atoms with van der Waals surface area (Å²) < 4.78 is 4.99. The molecule has 0 spiro atoms. The summed E-state index contributed by atoms with van der Waals surface area (Å²) in [6, 6.07) is 10.4. The molecule has 1 saturated heterocycles. The first kappa shape index (κ1) is 23.5. The molecular weight excluding hydrogens is 408 g/mol. The Bertz CT molecular complexity index is 874. The fourth-order valence-corrected chi connectivity index (χ4v) is 4.50. The molecule has 31 heavy (non-hydrogen) atoms. The van der Waals surface area contributed by atoms with Gasteiger partial charge in [-0.1, -0.05) is 37.7 Å². The van der Waals surface area contributed by atoms with E-state index < -0.39 is 0 Å². The second-order valence-electron chi connectivity index (χ2n) is 8.36. The number of methoxy groups -OCH3 is 1. The number of nitrogens with zero attached hydrogens (tertiary/aromatic N) is 3. The predicted molar refractivity (Wildman–Crippen MR) is 127 cm³/mol. The van der Waals surface area contributed by atoms with Crippen molar-refractivity contribution in [1.29, 1.82) is 0 Å². The van der Waals surface area contributed by atoms with E-state index in [1.54, 1.807) is 18.9 Å². The van der Waals surface area contributed by atoms with E-state index in [0.29, 0.717) is 30.7 Å². The van der Waals surface area contributed by atoms with Crippen molar-refractivity contribution in [3.8, 4) is 0 Å². The maximum absolute atomic E-state index is 12.3. The van der Waals surface area contributed by atoms with Gasteiger partial charge >= 0.3 is 0 Å². The number of carbonyl (C=O) groups is 1. The molecule has 1 aromatic heterocycles. The Balaban J connectivity index is 1.72. The molecule has 3 rings (SSSR count). The van der Waals surface area contributed by atoms with Gasteiger partial charge in [-0.25, -0.2) is 9.97 Å². The van der Waals surface area contributed by atoms with Crippen LogP contribution in [-0.2, 0) is 10.5 Å². The average Bonchev–Trinajstić information content (AvgIpc) is 2.78. The Morgan fingerprint density at radius 2 is 2.13 bits per heavy atom. The predicted octanol–water partition coefficient (Wildman–Crippen LogP) is 4.65. The van der Waals surface area contributed by atoms with Gasteiger partial charge in [-0.2, -0.15) is 0 Å². The molecule has 1 aromatic carbocycles. The van der Waals surface area contributed by atoms with Crippen LogP contribution in [-0.4, -0.2) is 48.7 Å². The van der Waals surface area contributed by atoms with Crippen molar-refractivity contribution in [2.75, 3.05) is 31.7 Å². The Morgan fingerprint density at radius 3 is 2.87 bits per heavy atom. The smallest absolute Gasteiger partial charge is 0.251 e. The summed E-state index contributed by atoms with van der Waals surface area (Å²) in [5.41, 5.74) is 2.82. The number of carbonyl (C=O) groups excluding carboxylic acids is 1. The molecule has 1 amide bonds. The van der Waals surface area contributed by atoms with E-state index in [0.717, 1.165) is 34.5 Å². The number of benzene rings is 1. The van der Waals surface area contributed by atoms with E-state index in [4.69, 9.17) is 14.7 Å². The molecule has 1 N–H and O–H groups in total. The third kappa shape index (κ3) is 6.68. The van der Waals surface area contributed by atoms with Crippen molar-refractivity contribution in [3.63, 3.8) is 0 Å². The summed E-state index contributed by atoms with van der Waals surface area (Å²) in [6.07, 6.45) is 3.71. The Labute approximate surface area is 190 Å². The maximum Gasteiger partial charge on any atom is 0.251 e. The minimum absolute atomic E-state index is 0.0803. The number of piperidine rings is 1. The molecule has 2 heterocycles. The second kappa shape index (κ2) is 11.5. The van der Waals surface area contributed by atoms with Gasteiger partial charge in [0.15, 0.2) is 5.16 Å². The lowest BCUT2D eigenvalue weighted by Gasteiger charge is -2.34. The van der Waals surface area contributed by atoms with Crippen molar-refractivity contribution in [2.45, 2.75) is 62.9 Å². The van der Waals surface area contributed by atoms with E-state index in [2.05, 4.69) is 37.1 Å². The zero-order chi connectivity index (χ0) is 22.2. The Kier molecular flexibility index (Phi) is 8.72.